The third-order valence-electron chi connectivity index (χ3n) is 2.73. The van der Waals surface area contributed by atoms with E-state index in [2.05, 4.69) is 5.32 Å². The van der Waals surface area contributed by atoms with Gasteiger partial charge in [0.25, 0.3) is 0 Å². The maximum atomic E-state index is 11.4. The predicted octanol–water partition coefficient (Wildman–Crippen LogP) is 1.10. The van der Waals surface area contributed by atoms with E-state index in [9.17, 15) is 9.59 Å². The number of hydrogen-bond donors (Lipinski definition) is 1. The van der Waals surface area contributed by atoms with Crippen molar-refractivity contribution < 1.29 is 9.59 Å². The Balaban J connectivity index is 2.23. The number of Topliss-reactive ketones (excluding diaryl/α,β-unsaturated/α-hetero) is 1. The van der Waals surface area contributed by atoms with Crippen LogP contribution in [0.25, 0.3) is 0 Å². The number of likely N-dealkylation sites (N-methyl/N-ethyl adjacent to an activating group) is 1. The fourth-order valence-electron chi connectivity index (χ4n) is 1.89. The van der Waals surface area contributed by atoms with Gasteiger partial charge in [-0.3, -0.25) is 9.59 Å². The van der Waals surface area contributed by atoms with Gasteiger partial charge in [-0.1, -0.05) is 18.2 Å². The first-order valence-electron chi connectivity index (χ1n) is 5.06. The van der Waals surface area contributed by atoms with Gasteiger partial charge in [0.1, 0.15) is 0 Å². The van der Waals surface area contributed by atoms with Gasteiger partial charge in [-0.25, -0.2) is 0 Å². The molecule has 2 rings (SSSR count). The third-order valence-corrected chi connectivity index (χ3v) is 2.73. The molecule has 0 fully saturated rings. The van der Waals surface area contributed by atoms with Crippen molar-refractivity contribution in [2.45, 2.75) is 19.3 Å². The van der Waals surface area contributed by atoms with E-state index >= 15 is 0 Å². The molecule has 0 saturated heterocycles. The van der Waals surface area contributed by atoms with E-state index in [4.69, 9.17) is 0 Å². The quantitative estimate of drug-likeness (QED) is 0.782. The summed E-state index contributed by atoms with van der Waals surface area (Å²) in [4.78, 5) is 22.5. The first-order valence-corrected chi connectivity index (χ1v) is 5.06. The summed E-state index contributed by atoms with van der Waals surface area (Å²) in [5, 5.41) is 2.58. The number of hydrogen-bond acceptors (Lipinski definition) is 2. The van der Waals surface area contributed by atoms with Crippen LogP contribution in [0.3, 0.4) is 0 Å². The highest BCUT2D eigenvalue weighted by Gasteiger charge is 2.19. The Morgan fingerprint density at radius 1 is 1.40 bits per heavy atom. The number of ketones is 1. The topological polar surface area (TPSA) is 46.2 Å². The molecule has 3 heteroatoms. The normalized spacial score (nSPS) is 13.8. The lowest BCUT2D eigenvalue weighted by molar-refractivity contribution is -0.119. The van der Waals surface area contributed by atoms with Gasteiger partial charge >= 0.3 is 0 Å². The SMILES string of the molecule is CNC(=O)Cc1ccc2c(c1)CCC2=O. The molecule has 0 saturated carbocycles. The van der Waals surface area contributed by atoms with Gasteiger partial charge < -0.3 is 5.32 Å². The summed E-state index contributed by atoms with van der Waals surface area (Å²) < 4.78 is 0. The zero-order valence-corrected chi connectivity index (χ0v) is 8.67. The summed E-state index contributed by atoms with van der Waals surface area (Å²) in [5.41, 5.74) is 2.89. The summed E-state index contributed by atoms with van der Waals surface area (Å²) in [6.45, 7) is 0. The molecule has 0 heterocycles. The van der Waals surface area contributed by atoms with Crippen molar-refractivity contribution in [2.75, 3.05) is 7.05 Å². The molecule has 0 bridgehead atoms. The predicted molar refractivity (Wildman–Crippen MR) is 56.9 cm³/mol. The van der Waals surface area contributed by atoms with Gasteiger partial charge in [0, 0.05) is 19.0 Å². The van der Waals surface area contributed by atoms with E-state index in [1.54, 1.807) is 7.05 Å². The highest BCUT2D eigenvalue weighted by molar-refractivity contribution is 6.00. The summed E-state index contributed by atoms with van der Waals surface area (Å²) in [5.74, 6) is 0.218. The second-order valence-electron chi connectivity index (χ2n) is 3.76. The Labute approximate surface area is 88.5 Å². The molecule has 1 amide bonds. The molecule has 0 aliphatic heterocycles. The van der Waals surface area contributed by atoms with Gasteiger partial charge in [0.05, 0.1) is 6.42 Å². The summed E-state index contributed by atoms with van der Waals surface area (Å²) in [6, 6.07) is 5.66. The van der Waals surface area contributed by atoms with Crippen molar-refractivity contribution in [3.63, 3.8) is 0 Å². The Kier molecular flexibility index (Phi) is 2.54. The minimum absolute atomic E-state index is 0.000673. The molecule has 1 aromatic carbocycles. The number of rotatable bonds is 2. The summed E-state index contributed by atoms with van der Waals surface area (Å²) in [7, 11) is 1.62. The Morgan fingerprint density at radius 2 is 2.20 bits per heavy atom. The number of benzene rings is 1. The van der Waals surface area contributed by atoms with Crippen LogP contribution in [-0.2, 0) is 17.6 Å². The largest absolute Gasteiger partial charge is 0.359 e. The number of carbonyl (C=O) groups is 2. The van der Waals surface area contributed by atoms with Crippen molar-refractivity contribution in [1.29, 1.82) is 0 Å². The van der Waals surface area contributed by atoms with Crippen molar-refractivity contribution in [2.24, 2.45) is 0 Å². The summed E-state index contributed by atoms with van der Waals surface area (Å²) in [6.07, 6.45) is 1.81. The number of aryl methyl sites for hydroxylation is 1. The van der Waals surface area contributed by atoms with Gasteiger partial charge in [-0.05, 0) is 17.5 Å². The average molecular weight is 203 g/mol. The van der Waals surface area contributed by atoms with Gasteiger partial charge in [-0.2, -0.15) is 0 Å². The second kappa shape index (κ2) is 3.85. The van der Waals surface area contributed by atoms with E-state index in [1.807, 2.05) is 18.2 Å². The fraction of sp³-hybridized carbons (Fsp3) is 0.333. The first-order chi connectivity index (χ1) is 7.20. The third kappa shape index (κ3) is 1.91. The van der Waals surface area contributed by atoms with Crippen molar-refractivity contribution in [3.05, 3.63) is 34.9 Å². The van der Waals surface area contributed by atoms with Crippen LogP contribution in [0.2, 0.25) is 0 Å². The zero-order chi connectivity index (χ0) is 10.8. The maximum absolute atomic E-state index is 11.4. The van der Waals surface area contributed by atoms with Crippen LogP contribution in [0.5, 0.6) is 0 Å². The van der Waals surface area contributed by atoms with Crippen molar-refractivity contribution >= 4 is 11.7 Å². The lowest BCUT2D eigenvalue weighted by Gasteiger charge is -2.03. The van der Waals surface area contributed by atoms with Crippen LogP contribution in [0.1, 0.15) is 27.9 Å². The van der Waals surface area contributed by atoms with E-state index in [0.29, 0.717) is 12.8 Å². The molecule has 78 valence electrons. The molecule has 1 aliphatic rings. The lowest BCUT2D eigenvalue weighted by atomic mass is 10.0. The van der Waals surface area contributed by atoms with Crippen LogP contribution in [0, 0.1) is 0 Å². The monoisotopic (exact) mass is 203 g/mol. The minimum atomic E-state index is -0.000673. The van der Waals surface area contributed by atoms with Crippen LogP contribution in [-0.4, -0.2) is 18.7 Å². The molecule has 1 aliphatic carbocycles. The smallest absolute Gasteiger partial charge is 0.224 e. The van der Waals surface area contributed by atoms with E-state index < -0.39 is 0 Å². The summed E-state index contributed by atoms with van der Waals surface area (Å²) >= 11 is 0. The highest BCUT2D eigenvalue weighted by Crippen LogP contribution is 2.23. The molecule has 0 spiro atoms. The van der Waals surface area contributed by atoms with Gasteiger partial charge in [-0.15, -0.1) is 0 Å². The number of carbonyl (C=O) groups excluding carboxylic acids is 2. The lowest BCUT2D eigenvalue weighted by Crippen LogP contribution is -2.19. The molecule has 3 nitrogen and oxygen atoms in total. The standard InChI is InChI=1S/C12H13NO2/c1-13-12(15)7-8-2-4-10-9(6-8)3-5-11(10)14/h2,4,6H,3,5,7H2,1H3,(H,13,15). The second-order valence-corrected chi connectivity index (χ2v) is 3.76. The Morgan fingerprint density at radius 3 is 2.93 bits per heavy atom. The van der Waals surface area contributed by atoms with Crippen molar-refractivity contribution in [1.82, 2.24) is 5.32 Å². The molecular weight excluding hydrogens is 190 g/mol. The van der Waals surface area contributed by atoms with Crippen LogP contribution >= 0.6 is 0 Å². The number of amides is 1. The fourth-order valence-corrected chi connectivity index (χ4v) is 1.89. The van der Waals surface area contributed by atoms with Crippen LogP contribution < -0.4 is 5.32 Å². The molecule has 1 aromatic rings. The van der Waals surface area contributed by atoms with Crippen LogP contribution in [0.15, 0.2) is 18.2 Å². The average Bonchev–Trinajstić information content (AvgIpc) is 2.60. The zero-order valence-electron chi connectivity index (χ0n) is 8.67. The molecule has 0 aromatic heterocycles. The number of fused-ring (bicyclic) bond motifs is 1. The molecule has 0 unspecified atom stereocenters. The highest BCUT2D eigenvalue weighted by atomic mass is 16.1. The van der Waals surface area contributed by atoms with Crippen LogP contribution in [0.4, 0.5) is 0 Å². The molecule has 0 atom stereocenters. The molecule has 15 heavy (non-hydrogen) atoms. The molecular formula is C12H13NO2. The van der Waals surface area contributed by atoms with Gasteiger partial charge in [0.2, 0.25) is 5.91 Å². The Hall–Kier alpha value is -1.64. The van der Waals surface area contributed by atoms with Crippen molar-refractivity contribution in [3.8, 4) is 0 Å². The van der Waals surface area contributed by atoms with E-state index in [-0.39, 0.29) is 11.7 Å². The maximum Gasteiger partial charge on any atom is 0.224 e. The number of nitrogens with one attached hydrogen (secondary N) is 1. The minimum Gasteiger partial charge on any atom is -0.359 e. The van der Waals surface area contributed by atoms with E-state index in [1.165, 1.54) is 0 Å². The Bertz CT molecular complexity index is 424. The van der Waals surface area contributed by atoms with Gasteiger partial charge in [0.15, 0.2) is 5.78 Å². The van der Waals surface area contributed by atoms with E-state index in [0.717, 1.165) is 23.1 Å². The first kappa shape index (κ1) is 9.90. The molecule has 1 N–H and O–H groups in total. The molecule has 0 radical (unpaired) electrons.